The molecule has 0 bridgehead atoms. The number of phenols is 1. The topological polar surface area (TPSA) is 99.2 Å². The van der Waals surface area contributed by atoms with E-state index >= 15 is 0 Å². The number of amides is 1. The number of nitrogens with one attached hydrogen (secondary N) is 1. The highest BCUT2D eigenvalue weighted by Gasteiger charge is 2.30. The van der Waals surface area contributed by atoms with Crippen LogP contribution >= 0.6 is 0 Å². The van der Waals surface area contributed by atoms with Crippen molar-refractivity contribution >= 4 is 21.6 Å². The summed E-state index contributed by atoms with van der Waals surface area (Å²) >= 11 is 0. The predicted molar refractivity (Wildman–Crippen MR) is 146 cm³/mol. The summed E-state index contributed by atoms with van der Waals surface area (Å²) in [4.78, 5) is 16.7. The minimum Gasteiger partial charge on any atom is -0.508 e. The van der Waals surface area contributed by atoms with Gasteiger partial charge in [-0.05, 0) is 53.6 Å². The molecule has 3 aromatic rings. The molecule has 1 amide bonds. The van der Waals surface area contributed by atoms with Gasteiger partial charge in [-0.2, -0.15) is 13.2 Å². The maximum atomic E-state index is 12.3. The summed E-state index contributed by atoms with van der Waals surface area (Å²) in [7, 11) is -2.77. The summed E-state index contributed by atoms with van der Waals surface area (Å²) in [5, 5.41) is 9.78. The van der Waals surface area contributed by atoms with Gasteiger partial charge in [0.1, 0.15) is 11.5 Å². The third-order valence-corrected chi connectivity index (χ3v) is 7.87. The fraction of sp³-hybridized carbons (Fsp3) is 0.321. The summed E-state index contributed by atoms with van der Waals surface area (Å²) < 4.78 is 67.9. The third-order valence-electron chi connectivity index (χ3n) is 6.63. The van der Waals surface area contributed by atoms with Gasteiger partial charge in [-0.15, -0.1) is 0 Å². The molecule has 40 heavy (non-hydrogen) atoms. The van der Waals surface area contributed by atoms with E-state index in [1.807, 2.05) is 24.3 Å². The Bertz CT molecular complexity index is 1440. The molecule has 1 aliphatic heterocycles. The number of halogens is 3. The Balaban J connectivity index is 1.32. The number of nitrogens with zero attached hydrogens (tertiary/aromatic N) is 2. The van der Waals surface area contributed by atoms with Crippen LogP contribution in [0, 0.1) is 0 Å². The largest absolute Gasteiger partial charge is 0.508 e. The van der Waals surface area contributed by atoms with E-state index in [9.17, 15) is 31.5 Å². The normalized spacial score (nSPS) is 14.7. The van der Waals surface area contributed by atoms with E-state index in [4.69, 9.17) is 4.74 Å². The number of benzene rings is 3. The van der Waals surface area contributed by atoms with Crippen molar-refractivity contribution in [1.82, 2.24) is 9.62 Å². The van der Waals surface area contributed by atoms with Gasteiger partial charge in [0.2, 0.25) is 10.0 Å². The fourth-order valence-electron chi connectivity index (χ4n) is 4.47. The van der Waals surface area contributed by atoms with E-state index in [0.717, 1.165) is 54.3 Å². The van der Waals surface area contributed by atoms with E-state index < -0.39 is 34.3 Å². The lowest BCUT2D eigenvalue weighted by molar-refractivity contribution is -0.130. The molecule has 0 aliphatic carbocycles. The van der Waals surface area contributed by atoms with Gasteiger partial charge in [-0.1, -0.05) is 24.3 Å². The molecule has 0 saturated carbocycles. The molecule has 3 aromatic carbocycles. The maximum Gasteiger partial charge on any atom is 0.390 e. The zero-order valence-corrected chi connectivity index (χ0v) is 22.6. The third kappa shape index (κ3) is 7.89. The lowest BCUT2D eigenvalue weighted by atomic mass is 10.0. The number of anilines is 1. The number of ether oxygens (including phenoxy) is 1. The van der Waals surface area contributed by atoms with E-state index in [2.05, 4.69) is 9.80 Å². The van der Waals surface area contributed by atoms with Crippen molar-refractivity contribution in [1.29, 1.82) is 0 Å². The minimum absolute atomic E-state index is 0.0410. The second-order valence-electron chi connectivity index (χ2n) is 9.50. The van der Waals surface area contributed by atoms with Crippen LogP contribution in [0.25, 0.3) is 11.1 Å². The van der Waals surface area contributed by atoms with Crippen molar-refractivity contribution in [3.05, 3.63) is 77.9 Å². The number of alkyl halides is 3. The number of carbonyl (C=O) groups is 1. The Morgan fingerprint density at radius 1 is 0.975 bits per heavy atom. The first-order valence-corrected chi connectivity index (χ1v) is 14.2. The number of hydrogen-bond donors (Lipinski definition) is 2. The Labute approximate surface area is 231 Å². The summed E-state index contributed by atoms with van der Waals surface area (Å²) in [5.74, 6) is -1.22. The number of phenolic OH excluding ortho intramolecular Hbond substituents is 1. The van der Waals surface area contributed by atoms with Crippen molar-refractivity contribution in [3.8, 4) is 22.6 Å². The summed E-state index contributed by atoms with van der Waals surface area (Å²) in [6.45, 7) is 3.69. The Morgan fingerprint density at radius 2 is 1.65 bits per heavy atom. The average molecular weight is 578 g/mol. The number of sulfonamides is 1. The highest BCUT2D eigenvalue weighted by Crippen LogP contribution is 2.30. The summed E-state index contributed by atoms with van der Waals surface area (Å²) in [5.41, 5.74) is 3.77. The number of hydrogen-bond acceptors (Lipinski definition) is 7. The molecule has 12 heteroatoms. The molecular formula is C28H30F3N3O5S. The zero-order valence-electron chi connectivity index (χ0n) is 21.8. The van der Waals surface area contributed by atoms with Gasteiger partial charge in [-0.25, -0.2) is 13.1 Å². The van der Waals surface area contributed by atoms with Crippen LogP contribution < -0.4 is 14.4 Å². The number of carbonyl (C=O) groups excluding carboxylic acids is 1. The van der Waals surface area contributed by atoms with Crippen LogP contribution in [0.5, 0.6) is 11.5 Å². The van der Waals surface area contributed by atoms with Gasteiger partial charge >= 0.3 is 6.18 Å². The SMILES string of the molecule is COc1cc(-c2cccc(O)c2)ccc1CN1CCN(c2ccc(C(=O)NS(=O)(=O)CCC(F)(F)F)cc2)CC1. The lowest BCUT2D eigenvalue weighted by Crippen LogP contribution is -2.46. The first kappa shape index (κ1) is 29.2. The Kier molecular flexibility index (Phi) is 8.89. The number of methoxy groups -OCH3 is 1. The molecule has 1 saturated heterocycles. The average Bonchev–Trinajstić information content (AvgIpc) is 2.92. The van der Waals surface area contributed by atoms with Crippen molar-refractivity contribution in [2.75, 3.05) is 43.9 Å². The van der Waals surface area contributed by atoms with Crippen LogP contribution in [0.15, 0.2) is 66.7 Å². The molecule has 0 unspecified atom stereocenters. The molecule has 1 aliphatic rings. The smallest absolute Gasteiger partial charge is 0.390 e. The first-order chi connectivity index (χ1) is 18.9. The van der Waals surface area contributed by atoms with Crippen LogP contribution in [-0.2, 0) is 16.6 Å². The van der Waals surface area contributed by atoms with E-state index in [0.29, 0.717) is 6.54 Å². The molecule has 0 spiro atoms. The van der Waals surface area contributed by atoms with Gasteiger partial charge < -0.3 is 14.7 Å². The lowest BCUT2D eigenvalue weighted by Gasteiger charge is -2.36. The van der Waals surface area contributed by atoms with E-state index in [1.54, 1.807) is 42.2 Å². The fourth-order valence-corrected chi connectivity index (χ4v) is 5.47. The van der Waals surface area contributed by atoms with Crippen molar-refractivity contribution in [2.24, 2.45) is 0 Å². The zero-order chi connectivity index (χ0) is 28.9. The Hall–Kier alpha value is -3.77. The van der Waals surface area contributed by atoms with E-state index in [1.165, 1.54) is 12.1 Å². The monoisotopic (exact) mass is 577 g/mol. The highest BCUT2D eigenvalue weighted by atomic mass is 32.2. The molecule has 4 rings (SSSR count). The van der Waals surface area contributed by atoms with E-state index in [-0.39, 0.29) is 11.3 Å². The second-order valence-corrected chi connectivity index (χ2v) is 11.3. The summed E-state index contributed by atoms with van der Waals surface area (Å²) in [6, 6.07) is 19.3. The summed E-state index contributed by atoms with van der Waals surface area (Å²) in [6.07, 6.45) is -6.16. The molecule has 2 N–H and O–H groups in total. The molecule has 0 aromatic heterocycles. The first-order valence-electron chi connectivity index (χ1n) is 12.6. The van der Waals surface area contributed by atoms with Gasteiger partial charge in [0.05, 0.1) is 19.3 Å². The van der Waals surface area contributed by atoms with Gasteiger partial charge in [0.15, 0.2) is 0 Å². The van der Waals surface area contributed by atoms with Crippen LogP contribution in [0.4, 0.5) is 18.9 Å². The van der Waals surface area contributed by atoms with Crippen LogP contribution in [-0.4, -0.2) is 69.5 Å². The minimum atomic E-state index is -4.63. The number of piperazine rings is 1. The number of aromatic hydroxyl groups is 1. The Morgan fingerprint density at radius 3 is 2.27 bits per heavy atom. The van der Waals surface area contributed by atoms with Gasteiger partial charge in [-0.3, -0.25) is 9.69 Å². The highest BCUT2D eigenvalue weighted by molar-refractivity contribution is 7.90. The maximum absolute atomic E-state index is 12.3. The van der Waals surface area contributed by atoms with Crippen molar-refractivity contribution in [2.45, 2.75) is 19.1 Å². The molecule has 0 radical (unpaired) electrons. The van der Waals surface area contributed by atoms with Gasteiger partial charge in [0, 0.05) is 49.5 Å². The molecule has 1 heterocycles. The van der Waals surface area contributed by atoms with Gasteiger partial charge in [0.25, 0.3) is 5.91 Å². The van der Waals surface area contributed by atoms with Crippen LogP contribution in [0.2, 0.25) is 0 Å². The number of rotatable bonds is 9. The van der Waals surface area contributed by atoms with Crippen LogP contribution in [0.1, 0.15) is 22.3 Å². The quantitative estimate of drug-likeness (QED) is 0.389. The predicted octanol–water partition coefficient (Wildman–Crippen LogP) is 4.40. The standard InChI is InChI=1S/C28H30F3N3O5S/c1-39-26-18-22(21-3-2-4-25(35)17-21)5-6-23(26)19-33-12-14-34(15-13-33)24-9-7-20(8-10-24)27(36)32-40(37,38)16-11-28(29,30)31/h2-10,17-18,35H,11-16,19H2,1H3,(H,32,36). The van der Waals surface area contributed by atoms with Crippen LogP contribution in [0.3, 0.4) is 0 Å². The molecule has 8 nitrogen and oxygen atoms in total. The molecule has 0 atom stereocenters. The molecular weight excluding hydrogens is 547 g/mol. The molecule has 1 fully saturated rings. The second kappa shape index (κ2) is 12.2. The van der Waals surface area contributed by atoms with Crippen molar-refractivity contribution in [3.63, 3.8) is 0 Å². The van der Waals surface area contributed by atoms with Crippen molar-refractivity contribution < 1.29 is 36.2 Å². The molecule has 214 valence electrons.